The van der Waals surface area contributed by atoms with E-state index < -0.39 is 4.32 Å². The summed E-state index contributed by atoms with van der Waals surface area (Å²) in [7, 11) is 1.87. The summed E-state index contributed by atoms with van der Waals surface area (Å²) in [6, 6.07) is 10.5. The van der Waals surface area contributed by atoms with Gasteiger partial charge in [0.15, 0.2) is 0 Å². The summed E-state index contributed by atoms with van der Waals surface area (Å²) in [4.78, 5) is 13.7. The average Bonchev–Trinajstić information content (AvgIpc) is 2.33. The van der Waals surface area contributed by atoms with Crippen molar-refractivity contribution in [2.75, 3.05) is 13.6 Å². The van der Waals surface area contributed by atoms with Crippen molar-refractivity contribution in [3.63, 3.8) is 0 Å². The van der Waals surface area contributed by atoms with Crippen molar-refractivity contribution in [2.45, 2.75) is 37.4 Å². The Balaban J connectivity index is 2.24. The van der Waals surface area contributed by atoms with E-state index in [0.29, 0.717) is 0 Å². The van der Waals surface area contributed by atoms with Gasteiger partial charge in [0.2, 0.25) is 5.91 Å². The van der Waals surface area contributed by atoms with Crippen LogP contribution in [0.15, 0.2) is 30.3 Å². The minimum absolute atomic E-state index is 0.141. The van der Waals surface area contributed by atoms with Gasteiger partial charge >= 0.3 is 0 Å². The largest absolute Gasteiger partial charge is 0.345 e. The monoisotopic (exact) mass is 311 g/mol. The van der Waals surface area contributed by atoms with Crippen LogP contribution in [0.2, 0.25) is 0 Å². The lowest BCUT2D eigenvalue weighted by molar-refractivity contribution is -0.131. The minimum atomic E-state index is -0.457. The quantitative estimate of drug-likeness (QED) is 0.580. The first-order valence-electron chi connectivity index (χ1n) is 6.39. The third kappa shape index (κ3) is 5.21. The van der Waals surface area contributed by atoms with Crippen molar-refractivity contribution in [2.24, 2.45) is 0 Å². The minimum Gasteiger partial charge on any atom is -0.345 e. The van der Waals surface area contributed by atoms with Gasteiger partial charge in [0.05, 0.1) is 4.32 Å². The van der Waals surface area contributed by atoms with E-state index in [4.69, 9.17) is 0 Å². The van der Waals surface area contributed by atoms with Gasteiger partial charge in [-0.1, -0.05) is 46.3 Å². The van der Waals surface area contributed by atoms with Crippen LogP contribution in [0.4, 0.5) is 0 Å². The number of carbonyl (C=O) groups is 1. The topological polar surface area (TPSA) is 20.3 Å². The Bertz CT molecular complexity index is 370. The van der Waals surface area contributed by atoms with E-state index in [0.717, 1.165) is 25.8 Å². The van der Waals surface area contributed by atoms with Crippen LogP contribution < -0.4 is 0 Å². The van der Waals surface area contributed by atoms with Crippen molar-refractivity contribution in [3.05, 3.63) is 35.9 Å². The molecule has 1 rings (SSSR count). The van der Waals surface area contributed by atoms with Crippen LogP contribution >= 0.6 is 15.9 Å². The lowest BCUT2D eigenvalue weighted by Crippen LogP contribution is -2.39. The predicted octanol–water partition coefficient (Wildman–Crippen LogP) is 3.64. The third-order valence-corrected chi connectivity index (χ3v) is 3.25. The second kappa shape index (κ2) is 6.93. The molecule has 0 bridgehead atoms. The Morgan fingerprint density at radius 2 is 1.83 bits per heavy atom. The number of carbonyl (C=O) groups excluding carboxylic acids is 1. The fourth-order valence-corrected chi connectivity index (χ4v) is 2.18. The van der Waals surface area contributed by atoms with E-state index in [9.17, 15) is 4.79 Å². The number of benzene rings is 1. The molecule has 0 spiro atoms. The first-order valence-corrected chi connectivity index (χ1v) is 7.19. The number of hydrogen-bond acceptors (Lipinski definition) is 1. The molecule has 0 atom stereocenters. The highest BCUT2D eigenvalue weighted by molar-refractivity contribution is 9.10. The van der Waals surface area contributed by atoms with E-state index in [1.165, 1.54) is 5.56 Å². The fourth-order valence-electron chi connectivity index (χ4n) is 1.88. The molecule has 1 aromatic rings. The number of unbranched alkanes of at least 4 members (excludes halogenated alkanes) is 1. The number of nitrogens with zero attached hydrogens (tertiary/aromatic N) is 1. The molecule has 0 unspecified atom stereocenters. The molecule has 0 aliphatic rings. The normalized spacial score (nSPS) is 11.3. The number of rotatable bonds is 6. The molecule has 0 radical (unpaired) electrons. The van der Waals surface area contributed by atoms with Crippen LogP contribution in [0.1, 0.15) is 32.3 Å². The number of halogens is 1. The molecule has 100 valence electrons. The van der Waals surface area contributed by atoms with Crippen LogP contribution in [-0.2, 0) is 11.2 Å². The van der Waals surface area contributed by atoms with E-state index >= 15 is 0 Å². The average molecular weight is 312 g/mol. The summed E-state index contributed by atoms with van der Waals surface area (Å²) in [6.45, 7) is 4.59. The maximum absolute atomic E-state index is 11.9. The van der Waals surface area contributed by atoms with Crippen molar-refractivity contribution < 1.29 is 4.79 Å². The maximum atomic E-state index is 11.9. The van der Waals surface area contributed by atoms with E-state index in [1.807, 2.05) is 27.0 Å². The molecule has 1 amide bonds. The zero-order chi connectivity index (χ0) is 13.6. The fraction of sp³-hybridized carbons (Fsp3) is 0.533. The van der Waals surface area contributed by atoms with Crippen molar-refractivity contribution in [1.29, 1.82) is 0 Å². The highest BCUT2D eigenvalue weighted by Gasteiger charge is 2.26. The molecular formula is C15H22BrNO. The zero-order valence-electron chi connectivity index (χ0n) is 11.4. The van der Waals surface area contributed by atoms with Crippen LogP contribution in [0.25, 0.3) is 0 Å². The highest BCUT2D eigenvalue weighted by atomic mass is 79.9. The summed E-state index contributed by atoms with van der Waals surface area (Å²) in [5, 5.41) is 0. The number of alkyl halides is 1. The number of hydrogen-bond donors (Lipinski definition) is 0. The first-order chi connectivity index (χ1) is 8.41. The molecule has 18 heavy (non-hydrogen) atoms. The predicted molar refractivity (Wildman–Crippen MR) is 80.0 cm³/mol. The molecule has 0 saturated carbocycles. The number of amides is 1. The van der Waals surface area contributed by atoms with Gasteiger partial charge in [-0.2, -0.15) is 0 Å². The Kier molecular flexibility index (Phi) is 5.86. The van der Waals surface area contributed by atoms with Crippen LogP contribution in [0.3, 0.4) is 0 Å². The summed E-state index contributed by atoms with van der Waals surface area (Å²) >= 11 is 3.40. The molecule has 0 aliphatic heterocycles. The molecule has 3 heteroatoms. The van der Waals surface area contributed by atoms with Crippen LogP contribution in [0.5, 0.6) is 0 Å². The van der Waals surface area contributed by atoms with Gasteiger partial charge in [0.25, 0.3) is 0 Å². The molecule has 0 aliphatic carbocycles. The lowest BCUT2D eigenvalue weighted by Gasteiger charge is -2.24. The van der Waals surface area contributed by atoms with Crippen LogP contribution in [-0.4, -0.2) is 28.7 Å². The summed E-state index contributed by atoms with van der Waals surface area (Å²) in [6.07, 6.45) is 3.24. The molecule has 0 heterocycles. The molecule has 2 nitrogen and oxygen atoms in total. The second-order valence-corrected chi connectivity index (χ2v) is 7.12. The van der Waals surface area contributed by atoms with E-state index in [-0.39, 0.29) is 5.91 Å². The van der Waals surface area contributed by atoms with Crippen LogP contribution in [0, 0.1) is 0 Å². The highest BCUT2D eigenvalue weighted by Crippen LogP contribution is 2.18. The van der Waals surface area contributed by atoms with E-state index in [2.05, 4.69) is 40.2 Å². The summed E-state index contributed by atoms with van der Waals surface area (Å²) < 4.78 is -0.457. The SMILES string of the molecule is CN(CCCCc1ccccc1)C(=O)C(C)(C)Br. The Labute approximate surface area is 119 Å². The zero-order valence-corrected chi connectivity index (χ0v) is 13.0. The standard InChI is InChI=1S/C15H22BrNO/c1-15(2,16)14(18)17(3)12-8-7-11-13-9-5-4-6-10-13/h4-6,9-10H,7-8,11-12H2,1-3H3. The first kappa shape index (κ1) is 15.2. The summed E-state index contributed by atoms with van der Waals surface area (Å²) in [5.41, 5.74) is 1.37. The molecular weight excluding hydrogens is 290 g/mol. The van der Waals surface area contributed by atoms with Crippen molar-refractivity contribution in [3.8, 4) is 0 Å². The molecule has 0 aromatic heterocycles. The Hall–Kier alpha value is -0.830. The number of aryl methyl sites for hydroxylation is 1. The lowest BCUT2D eigenvalue weighted by atomic mass is 10.1. The van der Waals surface area contributed by atoms with Crippen molar-refractivity contribution >= 4 is 21.8 Å². The van der Waals surface area contributed by atoms with Gasteiger partial charge in [-0.05, 0) is 38.7 Å². The van der Waals surface area contributed by atoms with Crippen molar-refractivity contribution in [1.82, 2.24) is 4.90 Å². The summed E-state index contributed by atoms with van der Waals surface area (Å²) in [5.74, 6) is 0.141. The van der Waals surface area contributed by atoms with Gasteiger partial charge in [-0.15, -0.1) is 0 Å². The molecule has 0 fully saturated rings. The maximum Gasteiger partial charge on any atom is 0.238 e. The second-order valence-electron chi connectivity index (χ2n) is 5.14. The molecule has 1 aromatic carbocycles. The van der Waals surface area contributed by atoms with Gasteiger partial charge in [0, 0.05) is 13.6 Å². The third-order valence-electron chi connectivity index (χ3n) is 2.91. The van der Waals surface area contributed by atoms with Gasteiger partial charge < -0.3 is 4.90 Å². The van der Waals surface area contributed by atoms with E-state index in [1.54, 1.807) is 4.90 Å². The Morgan fingerprint density at radius 3 is 2.39 bits per heavy atom. The van der Waals surface area contributed by atoms with Gasteiger partial charge in [0.1, 0.15) is 0 Å². The van der Waals surface area contributed by atoms with Gasteiger partial charge in [-0.3, -0.25) is 4.79 Å². The smallest absolute Gasteiger partial charge is 0.238 e. The Morgan fingerprint density at radius 1 is 1.22 bits per heavy atom. The molecule has 0 N–H and O–H groups in total. The molecule has 0 saturated heterocycles. The van der Waals surface area contributed by atoms with Gasteiger partial charge in [-0.25, -0.2) is 0 Å².